The first-order valence-corrected chi connectivity index (χ1v) is 9.92. The van der Waals surface area contributed by atoms with E-state index in [9.17, 15) is 4.79 Å². The van der Waals surface area contributed by atoms with E-state index in [1.165, 1.54) is 5.56 Å². The molecule has 1 saturated heterocycles. The van der Waals surface area contributed by atoms with Crippen molar-refractivity contribution in [2.24, 2.45) is 0 Å². The van der Waals surface area contributed by atoms with Crippen LogP contribution in [0.4, 0.5) is 0 Å². The van der Waals surface area contributed by atoms with Gasteiger partial charge in [-0.25, -0.2) is 0 Å². The Balaban J connectivity index is 1.30. The molecule has 29 heavy (non-hydrogen) atoms. The summed E-state index contributed by atoms with van der Waals surface area (Å²) in [5.41, 5.74) is 2.34. The van der Waals surface area contributed by atoms with Gasteiger partial charge in [-0.15, -0.1) is 0 Å². The minimum atomic E-state index is 0.121. The second-order valence-electron chi connectivity index (χ2n) is 7.68. The zero-order valence-electron chi connectivity index (χ0n) is 16.4. The number of benzene rings is 2. The molecule has 2 aromatic rings. The smallest absolute Gasteiger partial charge is 0.231 e. The molecule has 0 bridgehead atoms. The van der Waals surface area contributed by atoms with Crippen molar-refractivity contribution in [2.45, 2.75) is 25.9 Å². The normalized spacial score (nSPS) is 20.2. The number of fused-ring (bicyclic) bond motifs is 2. The molecule has 1 fully saturated rings. The molecular formula is C22H24N2O5. The Labute approximate surface area is 169 Å². The minimum absolute atomic E-state index is 0.121. The first-order valence-electron chi connectivity index (χ1n) is 9.92. The van der Waals surface area contributed by atoms with Crippen molar-refractivity contribution in [1.82, 2.24) is 9.80 Å². The quantitative estimate of drug-likeness (QED) is 0.791. The average molecular weight is 396 g/mol. The van der Waals surface area contributed by atoms with Crippen molar-refractivity contribution >= 4 is 5.91 Å². The number of amides is 1. The summed E-state index contributed by atoms with van der Waals surface area (Å²) in [6.07, 6.45) is 0.786. The summed E-state index contributed by atoms with van der Waals surface area (Å²) < 4.78 is 21.8. The van der Waals surface area contributed by atoms with Gasteiger partial charge in [0.2, 0.25) is 19.5 Å². The van der Waals surface area contributed by atoms with Crippen LogP contribution < -0.4 is 18.9 Å². The van der Waals surface area contributed by atoms with E-state index in [0.717, 1.165) is 61.2 Å². The van der Waals surface area contributed by atoms with Crippen LogP contribution in [0.2, 0.25) is 0 Å². The molecule has 0 aliphatic carbocycles. The van der Waals surface area contributed by atoms with Crippen LogP contribution in [-0.2, 0) is 17.8 Å². The second kappa shape index (κ2) is 7.48. The van der Waals surface area contributed by atoms with Crippen molar-refractivity contribution in [3.63, 3.8) is 0 Å². The molecule has 1 amide bonds. The highest BCUT2D eigenvalue weighted by atomic mass is 16.7. The highest BCUT2D eigenvalue weighted by Gasteiger charge is 2.29. The number of carbonyl (C=O) groups is 1. The Morgan fingerprint density at radius 3 is 2.21 bits per heavy atom. The van der Waals surface area contributed by atoms with Crippen LogP contribution in [0.1, 0.15) is 18.1 Å². The summed E-state index contributed by atoms with van der Waals surface area (Å²) in [7, 11) is 0. The van der Waals surface area contributed by atoms with E-state index in [1.807, 2.05) is 29.2 Å². The van der Waals surface area contributed by atoms with E-state index >= 15 is 0 Å². The van der Waals surface area contributed by atoms with Crippen LogP contribution in [0.15, 0.2) is 36.4 Å². The fourth-order valence-electron chi connectivity index (χ4n) is 4.29. The Kier molecular flexibility index (Phi) is 4.67. The molecule has 0 aromatic heterocycles. The Bertz CT molecular complexity index is 931. The van der Waals surface area contributed by atoms with Crippen LogP contribution in [-0.4, -0.2) is 55.0 Å². The van der Waals surface area contributed by atoms with Crippen LogP contribution in [0.5, 0.6) is 23.0 Å². The lowest BCUT2D eigenvalue weighted by molar-refractivity contribution is -0.133. The van der Waals surface area contributed by atoms with Crippen LogP contribution >= 0.6 is 0 Å². The van der Waals surface area contributed by atoms with E-state index in [2.05, 4.69) is 17.0 Å². The molecule has 0 radical (unpaired) electrons. The maximum absolute atomic E-state index is 12.2. The third-order valence-corrected chi connectivity index (χ3v) is 5.72. The molecule has 5 rings (SSSR count). The standard InChI is InChI=1S/C22H24N2O5/c1-15(25)24-7-6-23(11-17-3-5-20-22(10-17)29-14-27-20)12-18(24)8-16-2-4-19-21(9-16)28-13-26-19/h2-5,9-10,18H,6-8,11-14H2,1H3. The zero-order chi connectivity index (χ0) is 19.8. The number of piperazine rings is 1. The maximum atomic E-state index is 12.2. The lowest BCUT2D eigenvalue weighted by Gasteiger charge is -2.41. The lowest BCUT2D eigenvalue weighted by atomic mass is 10.0. The topological polar surface area (TPSA) is 60.5 Å². The van der Waals surface area contributed by atoms with Gasteiger partial charge in [0.05, 0.1) is 0 Å². The van der Waals surface area contributed by atoms with E-state index < -0.39 is 0 Å². The predicted molar refractivity (Wildman–Crippen MR) is 105 cm³/mol. The summed E-state index contributed by atoms with van der Waals surface area (Å²) in [6.45, 7) is 5.43. The van der Waals surface area contributed by atoms with Crippen molar-refractivity contribution < 1.29 is 23.7 Å². The van der Waals surface area contributed by atoms with Gasteiger partial charge in [0.1, 0.15) is 0 Å². The number of hydrogen-bond acceptors (Lipinski definition) is 6. The summed E-state index contributed by atoms with van der Waals surface area (Å²) in [4.78, 5) is 16.6. The third-order valence-electron chi connectivity index (χ3n) is 5.72. The van der Waals surface area contributed by atoms with Gasteiger partial charge in [0, 0.05) is 39.1 Å². The van der Waals surface area contributed by atoms with Gasteiger partial charge in [-0.05, 0) is 41.8 Å². The molecular weight excluding hydrogens is 372 g/mol. The maximum Gasteiger partial charge on any atom is 0.231 e. The fraction of sp³-hybridized carbons (Fsp3) is 0.409. The van der Waals surface area contributed by atoms with Gasteiger partial charge in [0.15, 0.2) is 23.0 Å². The summed E-state index contributed by atoms with van der Waals surface area (Å²) >= 11 is 0. The van der Waals surface area contributed by atoms with Crippen LogP contribution in [0.3, 0.4) is 0 Å². The summed E-state index contributed by atoms with van der Waals surface area (Å²) in [6, 6.07) is 12.2. The average Bonchev–Trinajstić information content (AvgIpc) is 3.36. The number of ether oxygens (including phenoxy) is 4. The summed E-state index contributed by atoms with van der Waals surface area (Å²) in [5, 5.41) is 0. The monoisotopic (exact) mass is 396 g/mol. The predicted octanol–water partition coefficient (Wildman–Crippen LogP) is 2.42. The highest BCUT2D eigenvalue weighted by molar-refractivity contribution is 5.73. The first kappa shape index (κ1) is 18.1. The van der Waals surface area contributed by atoms with E-state index in [0.29, 0.717) is 0 Å². The molecule has 7 nitrogen and oxygen atoms in total. The first-order chi connectivity index (χ1) is 14.2. The molecule has 3 aliphatic rings. The molecule has 152 valence electrons. The SMILES string of the molecule is CC(=O)N1CCN(Cc2ccc3c(c2)OCO3)CC1Cc1ccc2c(c1)OCO2. The minimum Gasteiger partial charge on any atom is -0.454 e. The van der Waals surface area contributed by atoms with Gasteiger partial charge >= 0.3 is 0 Å². The molecule has 1 unspecified atom stereocenters. The summed E-state index contributed by atoms with van der Waals surface area (Å²) in [5.74, 6) is 3.30. The third kappa shape index (κ3) is 3.70. The number of carbonyl (C=O) groups excluding carboxylic acids is 1. The van der Waals surface area contributed by atoms with Crippen LogP contribution in [0, 0.1) is 0 Å². The van der Waals surface area contributed by atoms with Crippen LogP contribution in [0.25, 0.3) is 0 Å². The Hall–Kier alpha value is -2.93. The zero-order valence-corrected chi connectivity index (χ0v) is 16.4. The largest absolute Gasteiger partial charge is 0.454 e. The lowest BCUT2D eigenvalue weighted by Crippen LogP contribution is -2.55. The van der Waals surface area contributed by atoms with E-state index in [1.54, 1.807) is 6.92 Å². The number of nitrogens with zero attached hydrogens (tertiary/aromatic N) is 2. The Morgan fingerprint density at radius 2 is 1.52 bits per heavy atom. The van der Waals surface area contributed by atoms with Gasteiger partial charge in [-0.1, -0.05) is 12.1 Å². The van der Waals surface area contributed by atoms with Crippen molar-refractivity contribution in [1.29, 1.82) is 0 Å². The van der Waals surface area contributed by atoms with Gasteiger partial charge in [-0.2, -0.15) is 0 Å². The molecule has 0 N–H and O–H groups in total. The Morgan fingerprint density at radius 1 is 0.897 bits per heavy atom. The molecule has 0 spiro atoms. The molecule has 3 aliphatic heterocycles. The molecule has 3 heterocycles. The van der Waals surface area contributed by atoms with E-state index in [4.69, 9.17) is 18.9 Å². The molecule has 2 aromatic carbocycles. The number of hydrogen-bond donors (Lipinski definition) is 0. The number of rotatable bonds is 4. The molecule has 0 saturated carbocycles. The van der Waals surface area contributed by atoms with Crippen molar-refractivity contribution in [3.8, 4) is 23.0 Å². The second-order valence-corrected chi connectivity index (χ2v) is 7.68. The van der Waals surface area contributed by atoms with Gasteiger partial charge in [0.25, 0.3) is 0 Å². The van der Waals surface area contributed by atoms with E-state index in [-0.39, 0.29) is 25.5 Å². The van der Waals surface area contributed by atoms with Crippen molar-refractivity contribution in [3.05, 3.63) is 47.5 Å². The van der Waals surface area contributed by atoms with Gasteiger partial charge in [-0.3, -0.25) is 9.69 Å². The highest BCUT2D eigenvalue weighted by Crippen LogP contribution is 2.34. The van der Waals surface area contributed by atoms with Gasteiger partial charge < -0.3 is 23.8 Å². The van der Waals surface area contributed by atoms with Crippen molar-refractivity contribution in [2.75, 3.05) is 33.2 Å². The molecule has 7 heteroatoms. The fourth-order valence-corrected chi connectivity index (χ4v) is 4.29. The molecule has 1 atom stereocenters.